The second kappa shape index (κ2) is 16.8. The van der Waals surface area contributed by atoms with Crippen LogP contribution in [-0.2, 0) is 21.6 Å². The van der Waals surface area contributed by atoms with Crippen molar-refractivity contribution in [2.45, 2.75) is 26.3 Å². The van der Waals surface area contributed by atoms with Gasteiger partial charge in [0.1, 0.15) is 0 Å². The molecule has 0 heterocycles. The third-order valence-corrected chi connectivity index (χ3v) is 2.31. The van der Waals surface area contributed by atoms with E-state index in [9.17, 15) is 4.79 Å². The molecule has 0 saturated carbocycles. The van der Waals surface area contributed by atoms with Gasteiger partial charge in [-0.2, -0.15) is 0 Å². The first-order valence-corrected chi connectivity index (χ1v) is 6.51. The zero-order valence-electron chi connectivity index (χ0n) is 12.3. The molecule has 1 unspecified atom stereocenters. The van der Waals surface area contributed by atoms with Gasteiger partial charge in [-0.25, -0.2) is 0 Å². The molecule has 0 fully saturated rings. The van der Waals surface area contributed by atoms with Crippen LogP contribution in [0.4, 0.5) is 0 Å². The van der Waals surface area contributed by atoms with Gasteiger partial charge in [-0.3, -0.25) is 0 Å². The molecule has 0 aromatic rings. The molecule has 0 radical (unpaired) electrons. The van der Waals surface area contributed by atoms with Crippen LogP contribution in [0.3, 0.4) is 0 Å². The van der Waals surface area contributed by atoms with E-state index in [0.717, 1.165) is 0 Å². The maximum atomic E-state index is 10.2. The molecular weight excluding hydrogens is 305 g/mol. The zero-order valence-corrected chi connectivity index (χ0v) is 13.3. The molecule has 20 heavy (non-hydrogen) atoms. The van der Waals surface area contributed by atoms with E-state index in [1.807, 2.05) is 18.7 Å². The second-order valence-corrected chi connectivity index (χ2v) is 4.64. The Morgan fingerprint density at radius 1 is 1.05 bits per heavy atom. The fraction of sp³-hybridized carbons (Fsp3) is 0.917. The molecule has 0 rings (SSSR count). The summed E-state index contributed by atoms with van der Waals surface area (Å²) in [6.07, 6.45) is 0.502. The number of carbonyl (C=O) groups is 1. The Bertz CT molecular complexity index is 206. The molecule has 8 heteroatoms. The van der Waals surface area contributed by atoms with Crippen LogP contribution in [0.2, 0.25) is 0 Å². The van der Waals surface area contributed by atoms with Crippen molar-refractivity contribution in [3.63, 3.8) is 0 Å². The van der Waals surface area contributed by atoms with Gasteiger partial charge < -0.3 is 32.9 Å². The van der Waals surface area contributed by atoms with Gasteiger partial charge in [-0.1, -0.05) is 20.3 Å². The predicted molar refractivity (Wildman–Crippen MR) is 80.2 cm³/mol. The summed E-state index contributed by atoms with van der Waals surface area (Å²) in [5.74, 6) is -0.439. The first-order chi connectivity index (χ1) is 8.88. The summed E-state index contributed by atoms with van der Waals surface area (Å²) in [4.78, 5) is 12.1. The first kappa shape index (κ1) is 24.8. The molecule has 0 aromatic heterocycles. The number of nitrogens with one attached hydrogen (secondary N) is 4. The minimum atomic E-state index is -0.829. The van der Waals surface area contributed by atoms with Crippen molar-refractivity contribution < 1.29 is 26.7 Å². The molecule has 0 saturated heterocycles. The molecule has 1 atom stereocenters. The average molecular weight is 333 g/mol. The Morgan fingerprint density at radius 2 is 1.40 bits per heavy atom. The minimum Gasteiger partial charge on any atom is -0.676 e. The van der Waals surface area contributed by atoms with Crippen molar-refractivity contribution in [3.8, 4) is 0 Å². The number of hydrogen-bond donors (Lipinski definition) is 0. The summed E-state index contributed by atoms with van der Waals surface area (Å²) in [7, 11) is 0. The summed E-state index contributed by atoms with van der Waals surface area (Å²) in [6, 6.07) is -0.829. The molecule has 0 spiro atoms. The average Bonchev–Trinajstić information content (AvgIpc) is 2.30. The van der Waals surface area contributed by atoms with Crippen LogP contribution in [0.15, 0.2) is 0 Å². The Hall–Kier alpha value is -0.224. The van der Waals surface area contributed by atoms with Crippen LogP contribution in [0, 0.1) is 5.92 Å². The maximum Gasteiger partial charge on any atom is 3.00 e. The SMILES string of the molecule is CC(C)CC([NH-])C(=O)[OH2+].[Co+3].[NH-]CCN(CC[NH-])CC[NH-]. The van der Waals surface area contributed by atoms with Crippen molar-refractivity contribution in [2.75, 3.05) is 39.3 Å². The first-order valence-electron chi connectivity index (χ1n) is 6.51. The van der Waals surface area contributed by atoms with Crippen LogP contribution in [0.5, 0.6) is 0 Å². The van der Waals surface area contributed by atoms with Crippen LogP contribution >= 0.6 is 0 Å². The Kier molecular flexibility index (Phi) is 20.8. The van der Waals surface area contributed by atoms with Gasteiger partial charge in [0, 0.05) is 10.8 Å². The van der Waals surface area contributed by atoms with E-state index in [4.69, 9.17) is 28.0 Å². The third-order valence-electron chi connectivity index (χ3n) is 2.31. The molecule has 0 amide bonds. The minimum absolute atomic E-state index is 0. The van der Waals surface area contributed by atoms with Crippen LogP contribution in [0.25, 0.3) is 22.9 Å². The van der Waals surface area contributed by atoms with Crippen molar-refractivity contribution in [2.24, 2.45) is 5.92 Å². The van der Waals surface area contributed by atoms with Gasteiger partial charge in [-0.05, 0) is 25.6 Å². The van der Waals surface area contributed by atoms with E-state index in [0.29, 0.717) is 51.6 Å². The molecule has 0 aliphatic carbocycles. The maximum absolute atomic E-state index is 10.2. The quantitative estimate of drug-likeness (QED) is 0.597. The van der Waals surface area contributed by atoms with Gasteiger partial charge in [-0.15, -0.1) is 19.6 Å². The normalized spacial score (nSPS) is 11.6. The van der Waals surface area contributed by atoms with Gasteiger partial charge in [0.15, 0.2) is 0 Å². The van der Waals surface area contributed by atoms with Crippen molar-refractivity contribution in [3.05, 3.63) is 22.9 Å². The molecule has 0 aliphatic heterocycles. The van der Waals surface area contributed by atoms with E-state index in [1.54, 1.807) is 0 Å². The Balaban J connectivity index is -0.000000277. The number of rotatable bonds is 9. The van der Waals surface area contributed by atoms with Crippen LogP contribution in [-0.4, -0.2) is 61.3 Å². The van der Waals surface area contributed by atoms with E-state index in [1.165, 1.54) is 0 Å². The molecular formula is C12H28CoN5O2. The summed E-state index contributed by atoms with van der Waals surface area (Å²) in [5, 5.41) is 6.55. The summed E-state index contributed by atoms with van der Waals surface area (Å²) < 4.78 is 0. The molecule has 0 aliphatic rings. The number of nitrogens with zero attached hydrogens (tertiary/aromatic N) is 1. The van der Waals surface area contributed by atoms with E-state index in [2.05, 4.69) is 0 Å². The van der Waals surface area contributed by atoms with Crippen molar-refractivity contribution >= 4 is 5.97 Å². The molecule has 6 N–H and O–H groups in total. The molecule has 0 aromatic carbocycles. The molecule has 7 nitrogen and oxygen atoms in total. The van der Waals surface area contributed by atoms with E-state index in [-0.39, 0.29) is 16.8 Å². The third kappa shape index (κ3) is 17.8. The Labute approximate surface area is 132 Å². The molecule has 0 bridgehead atoms. The standard InChI is InChI=1S/C6H15N4.C6H12NO2.Co/c7-1-4-10(5-2-8)6-3-9;1-4(2)3-5(7)6(8)9;/h7-9H,1-6H2;4-5,7H,3H2,1-2H3,(H,8,9);/q-3;-1;+3/p+1. The molecule has 122 valence electrons. The predicted octanol–water partition coefficient (Wildman–Crippen LogP) is 2.15. The van der Waals surface area contributed by atoms with E-state index >= 15 is 0 Å². The number of carbonyl (C=O) groups excluding carboxylic acids is 1. The Morgan fingerprint density at radius 3 is 1.55 bits per heavy atom. The van der Waals surface area contributed by atoms with Gasteiger partial charge in [0.2, 0.25) is 0 Å². The van der Waals surface area contributed by atoms with Crippen LogP contribution in [0.1, 0.15) is 20.3 Å². The van der Waals surface area contributed by atoms with Gasteiger partial charge in [0.25, 0.3) is 0 Å². The van der Waals surface area contributed by atoms with Crippen molar-refractivity contribution in [1.82, 2.24) is 4.90 Å². The topological polar surface area (TPSA) is 138 Å². The fourth-order valence-corrected chi connectivity index (χ4v) is 1.39. The number of hydrogen-bond acceptors (Lipinski definition) is 2. The summed E-state index contributed by atoms with van der Waals surface area (Å²) in [5.41, 5.74) is 27.8. The fourth-order valence-electron chi connectivity index (χ4n) is 1.39. The smallest absolute Gasteiger partial charge is 0.676 e. The van der Waals surface area contributed by atoms with Crippen molar-refractivity contribution in [1.29, 1.82) is 0 Å². The monoisotopic (exact) mass is 333 g/mol. The summed E-state index contributed by atoms with van der Waals surface area (Å²) >= 11 is 0. The van der Waals surface area contributed by atoms with E-state index < -0.39 is 12.0 Å². The zero-order chi connectivity index (χ0) is 15.3. The largest absolute Gasteiger partial charge is 3.00 e. The van der Waals surface area contributed by atoms with Gasteiger partial charge >= 0.3 is 22.7 Å². The van der Waals surface area contributed by atoms with Crippen LogP contribution < -0.4 is 0 Å². The van der Waals surface area contributed by atoms with Gasteiger partial charge in [0.05, 0.1) is 0 Å². The second-order valence-electron chi connectivity index (χ2n) is 4.64. The summed E-state index contributed by atoms with van der Waals surface area (Å²) in [6.45, 7) is 7.11.